The van der Waals surface area contributed by atoms with Crippen LogP contribution in [0.2, 0.25) is 0 Å². The highest BCUT2D eigenvalue weighted by Crippen LogP contribution is 2.33. The first-order chi connectivity index (χ1) is 12.8. The molecule has 3 amide bonds. The van der Waals surface area contributed by atoms with Crippen LogP contribution in [0.5, 0.6) is 0 Å². The largest absolute Gasteiger partial charge is 0.352 e. The second-order valence-corrected chi connectivity index (χ2v) is 7.56. The quantitative estimate of drug-likeness (QED) is 0.819. The minimum atomic E-state index is -0.440. The van der Waals surface area contributed by atoms with Crippen LogP contribution in [-0.4, -0.2) is 33.1 Å². The molecule has 0 saturated carbocycles. The smallest absolute Gasteiger partial charge is 0.294 e. The van der Waals surface area contributed by atoms with E-state index in [4.69, 9.17) is 0 Å². The van der Waals surface area contributed by atoms with Crippen molar-refractivity contribution in [3.8, 4) is 0 Å². The fraction of sp³-hybridized carbons (Fsp3) is 0.250. The number of imide groups is 1. The van der Waals surface area contributed by atoms with Crippen LogP contribution in [0.1, 0.15) is 22.5 Å². The Morgan fingerprint density at radius 1 is 1.19 bits per heavy atom. The van der Waals surface area contributed by atoms with Crippen molar-refractivity contribution in [2.45, 2.75) is 20.8 Å². The monoisotopic (exact) mass is 383 g/mol. The van der Waals surface area contributed by atoms with Gasteiger partial charge in [-0.25, -0.2) is 0 Å². The topological polar surface area (TPSA) is 71.4 Å². The summed E-state index contributed by atoms with van der Waals surface area (Å²) in [4.78, 5) is 38.4. The van der Waals surface area contributed by atoms with Gasteiger partial charge in [-0.1, -0.05) is 12.1 Å². The van der Waals surface area contributed by atoms with Gasteiger partial charge < -0.3 is 9.88 Å². The van der Waals surface area contributed by atoms with Crippen molar-refractivity contribution in [1.82, 2.24) is 9.47 Å². The van der Waals surface area contributed by atoms with Crippen molar-refractivity contribution in [2.24, 2.45) is 7.05 Å². The van der Waals surface area contributed by atoms with Gasteiger partial charge >= 0.3 is 0 Å². The van der Waals surface area contributed by atoms with E-state index in [9.17, 15) is 14.4 Å². The van der Waals surface area contributed by atoms with Gasteiger partial charge in [0.25, 0.3) is 11.1 Å². The summed E-state index contributed by atoms with van der Waals surface area (Å²) in [6.07, 6.45) is 1.71. The fourth-order valence-corrected chi connectivity index (χ4v) is 3.70. The van der Waals surface area contributed by atoms with Crippen LogP contribution in [0.3, 0.4) is 0 Å². The summed E-state index contributed by atoms with van der Waals surface area (Å²) < 4.78 is 2.02. The maximum Gasteiger partial charge on any atom is 0.294 e. The summed E-state index contributed by atoms with van der Waals surface area (Å²) >= 11 is 0.860. The Morgan fingerprint density at radius 2 is 1.93 bits per heavy atom. The maximum absolute atomic E-state index is 12.6. The third-order valence-electron chi connectivity index (χ3n) is 4.58. The normalized spacial score (nSPS) is 15.7. The molecule has 1 saturated heterocycles. The van der Waals surface area contributed by atoms with Crippen LogP contribution in [-0.2, 0) is 16.6 Å². The minimum Gasteiger partial charge on any atom is -0.352 e. The number of amides is 3. The summed E-state index contributed by atoms with van der Waals surface area (Å²) in [6, 6.07) is 9.31. The van der Waals surface area contributed by atoms with Gasteiger partial charge in [0.2, 0.25) is 5.91 Å². The third kappa shape index (κ3) is 3.98. The minimum absolute atomic E-state index is 0.303. The van der Waals surface area contributed by atoms with Gasteiger partial charge in [-0.15, -0.1) is 0 Å². The van der Waals surface area contributed by atoms with E-state index >= 15 is 0 Å². The number of carbonyl (C=O) groups excluding carboxylic acids is 3. The summed E-state index contributed by atoms with van der Waals surface area (Å²) in [5, 5.41) is 2.28. The highest BCUT2D eigenvalue weighted by molar-refractivity contribution is 8.18. The fourth-order valence-electron chi connectivity index (χ4n) is 2.88. The molecule has 7 heteroatoms. The molecule has 3 rings (SSSR count). The molecule has 0 spiro atoms. The van der Waals surface area contributed by atoms with Crippen LogP contribution in [0.15, 0.2) is 35.2 Å². The van der Waals surface area contributed by atoms with Gasteiger partial charge in [0.05, 0.1) is 4.91 Å². The molecule has 27 heavy (non-hydrogen) atoms. The standard InChI is InChI=1S/C20H21N3O3S/c1-12-6-5-7-16(8-12)21-18(24)11-23-19(25)17(27-20(23)26)10-15-9-13(2)22(4)14(15)3/h5-10H,11H2,1-4H3,(H,21,24)/b17-10+. The number of rotatable bonds is 4. The molecule has 2 aromatic rings. The average molecular weight is 383 g/mol. The second kappa shape index (κ2) is 7.44. The van der Waals surface area contributed by atoms with Gasteiger partial charge in [0, 0.05) is 24.1 Å². The summed E-state index contributed by atoms with van der Waals surface area (Å²) in [7, 11) is 1.95. The molecule has 0 bridgehead atoms. The number of hydrogen-bond donors (Lipinski definition) is 1. The van der Waals surface area contributed by atoms with E-state index in [0.717, 1.165) is 39.2 Å². The van der Waals surface area contributed by atoms with Crippen molar-refractivity contribution >= 4 is 40.6 Å². The Balaban J connectivity index is 1.73. The summed E-state index contributed by atoms with van der Waals surface area (Å²) in [6.45, 7) is 5.55. The van der Waals surface area contributed by atoms with Crippen LogP contribution < -0.4 is 5.32 Å². The molecule has 0 unspecified atom stereocenters. The van der Waals surface area contributed by atoms with Gasteiger partial charge in [-0.05, 0) is 67.9 Å². The van der Waals surface area contributed by atoms with E-state index < -0.39 is 17.1 Å². The Hall–Kier alpha value is -2.80. The van der Waals surface area contributed by atoms with E-state index in [0.29, 0.717) is 10.6 Å². The van der Waals surface area contributed by atoms with E-state index in [1.54, 1.807) is 12.1 Å². The number of aryl methyl sites for hydroxylation is 2. The predicted molar refractivity (Wildman–Crippen MR) is 107 cm³/mol. The van der Waals surface area contributed by atoms with E-state index in [2.05, 4.69) is 5.32 Å². The Bertz CT molecular complexity index is 975. The lowest BCUT2D eigenvalue weighted by molar-refractivity contribution is -0.127. The molecule has 1 fully saturated rings. The van der Waals surface area contributed by atoms with Gasteiger partial charge in [0.1, 0.15) is 6.54 Å². The number of benzene rings is 1. The molecular formula is C20H21N3O3S. The highest BCUT2D eigenvalue weighted by Gasteiger charge is 2.36. The summed E-state index contributed by atoms with van der Waals surface area (Å²) in [5.41, 5.74) is 4.62. The summed E-state index contributed by atoms with van der Waals surface area (Å²) in [5.74, 6) is -0.846. The van der Waals surface area contributed by atoms with Crippen molar-refractivity contribution < 1.29 is 14.4 Å². The molecule has 1 N–H and O–H groups in total. The van der Waals surface area contributed by atoms with E-state index in [1.807, 2.05) is 56.7 Å². The Kier molecular flexibility index (Phi) is 5.23. The van der Waals surface area contributed by atoms with Gasteiger partial charge in [-0.2, -0.15) is 0 Å². The second-order valence-electron chi connectivity index (χ2n) is 6.57. The molecule has 6 nitrogen and oxygen atoms in total. The molecule has 0 atom stereocenters. The van der Waals surface area contributed by atoms with Crippen LogP contribution in [0, 0.1) is 20.8 Å². The molecular weight excluding hydrogens is 362 g/mol. The lowest BCUT2D eigenvalue weighted by atomic mass is 10.2. The van der Waals surface area contributed by atoms with Crippen LogP contribution >= 0.6 is 11.8 Å². The van der Waals surface area contributed by atoms with E-state index in [-0.39, 0.29) is 6.54 Å². The molecule has 140 valence electrons. The highest BCUT2D eigenvalue weighted by atomic mass is 32.2. The molecule has 1 aromatic heterocycles. The number of nitrogens with zero attached hydrogens (tertiary/aromatic N) is 2. The maximum atomic E-state index is 12.6. The zero-order valence-electron chi connectivity index (χ0n) is 15.7. The molecule has 0 aliphatic carbocycles. The average Bonchev–Trinajstić information content (AvgIpc) is 3.00. The molecule has 1 aliphatic heterocycles. The Labute approximate surface area is 162 Å². The van der Waals surface area contributed by atoms with Crippen molar-refractivity contribution in [1.29, 1.82) is 0 Å². The Morgan fingerprint density at radius 3 is 2.56 bits per heavy atom. The molecule has 0 radical (unpaired) electrons. The number of nitrogens with one attached hydrogen (secondary N) is 1. The lowest BCUT2D eigenvalue weighted by Crippen LogP contribution is -2.36. The van der Waals surface area contributed by atoms with Crippen molar-refractivity contribution in [3.63, 3.8) is 0 Å². The molecule has 1 aromatic carbocycles. The van der Waals surface area contributed by atoms with Gasteiger partial charge in [-0.3, -0.25) is 19.3 Å². The number of hydrogen-bond acceptors (Lipinski definition) is 4. The van der Waals surface area contributed by atoms with Crippen molar-refractivity contribution in [2.75, 3.05) is 11.9 Å². The van der Waals surface area contributed by atoms with Gasteiger partial charge in [0.15, 0.2) is 0 Å². The SMILES string of the molecule is Cc1cccc(NC(=O)CN2C(=O)S/C(=C/c3cc(C)n(C)c3C)C2=O)c1. The van der Waals surface area contributed by atoms with Crippen LogP contribution in [0.25, 0.3) is 6.08 Å². The van der Waals surface area contributed by atoms with Crippen molar-refractivity contribution in [3.05, 3.63) is 57.8 Å². The first-order valence-electron chi connectivity index (χ1n) is 8.51. The predicted octanol–water partition coefficient (Wildman–Crippen LogP) is 3.63. The lowest BCUT2D eigenvalue weighted by Gasteiger charge is -2.12. The zero-order chi connectivity index (χ0) is 19.7. The number of aromatic nitrogens is 1. The first-order valence-corrected chi connectivity index (χ1v) is 9.32. The number of thioether (sulfide) groups is 1. The van der Waals surface area contributed by atoms with E-state index in [1.165, 1.54) is 0 Å². The first kappa shape index (κ1) is 19.0. The third-order valence-corrected chi connectivity index (χ3v) is 5.49. The zero-order valence-corrected chi connectivity index (χ0v) is 16.5. The molecule has 2 heterocycles. The number of anilines is 1. The molecule has 1 aliphatic rings. The van der Waals surface area contributed by atoms with Crippen LogP contribution in [0.4, 0.5) is 10.5 Å². The number of carbonyl (C=O) groups is 3.